The average Bonchev–Trinajstić information content (AvgIpc) is 2.96. The van der Waals surface area contributed by atoms with Crippen LogP contribution in [0.5, 0.6) is 11.8 Å². The Morgan fingerprint density at radius 3 is 1.96 bits per heavy atom. The number of rotatable bonds is 2. The predicted octanol–water partition coefficient (Wildman–Crippen LogP) is 3.05. The van der Waals surface area contributed by atoms with Crippen molar-refractivity contribution in [1.82, 2.24) is 4.73 Å². The van der Waals surface area contributed by atoms with Crippen molar-refractivity contribution in [2.75, 3.05) is 0 Å². The van der Waals surface area contributed by atoms with E-state index in [9.17, 15) is 15.0 Å². The number of carbonyl (C=O) groups excluding carboxylic acids is 1. The predicted molar refractivity (Wildman–Crippen MR) is 96.4 cm³/mol. The Labute approximate surface area is 151 Å². The minimum Gasteiger partial charge on any atom is -0.492 e. The Balaban J connectivity index is 1.67. The van der Waals surface area contributed by atoms with Gasteiger partial charge < -0.3 is 15.1 Å². The second kappa shape index (κ2) is 6.59. The highest BCUT2D eigenvalue weighted by atomic mass is 16.7. The second-order valence-corrected chi connectivity index (χ2v) is 6.53. The van der Waals surface area contributed by atoms with Gasteiger partial charge in [0.2, 0.25) is 11.8 Å². The summed E-state index contributed by atoms with van der Waals surface area (Å²) in [5.74, 6) is -1.26. The molecule has 0 aliphatic heterocycles. The van der Waals surface area contributed by atoms with E-state index in [1.807, 2.05) is 18.2 Å². The summed E-state index contributed by atoms with van der Waals surface area (Å²) in [5.41, 5.74) is 4.88. The molecule has 0 unspecified atom stereocenters. The molecule has 0 atom stereocenters. The lowest BCUT2D eigenvalue weighted by Crippen LogP contribution is -2.21. The van der Waals surface area contributed by atoms with Crippen molar-refractivity contribution in [3.8, 4) is 11.8 Å². The molecule has 0 radical (unpaired) electrons. The monoisotopic (exact) mass is 349 g/mol. The summed E-state index contributed by atoms with van der Waals surface area (Å²) in [4.78, 5) is 17.9. The smallest absolute Gasteiger partial charge is 0.364 e. The number of hydrogen-bond donors (Lipinski definition) is 2. The number of hydrogen-bond acceptors (Lipinski definition) is 4. The van der Waals surface area contributed by atoms with Crippen molar-refractivity contribution < 1.29 is 19.8 Å². The molecule has 1 aromatic heterocycles. The first kappa shape index (κ1) is 16.3. The first-order valence-electron chi connectivity index (χ1n) is 8.62. The van der Waals surface area contributed by atoms with Gasteiger partial charge in [0.1, 0.15) is 0 Å². The molecule has 2 aromatic carbocycles. The fourth-order valence-corrected chi connectivity index (χ4v) is 3.25. The Morgan fingerprint density at radius 1 is 0.769 bits per heavy atom. The van der Waals surface area contributed by atoms with Crippen LogP contribution < -0.4 is 4.84 Å². The number of aromatic nitrogens is 1. The molecule has 4 aliphatic carbocycles. The Morgan fingerprint density at radius 2 is 1.31 bits per heavy atom. The van der Waals surface area contributed by atoms with E-state index in [-0.39, 0.29) is 11.8 Å². The molecule has 5 heteroatoms. The van der Waals surface area contributed by atoms with Gasteiger partial charge in [-0.05, 0) is 54.0 Å². The molecule has 4 aliphatic rings. The van der Waals surface area contributed by atoms with Gasteiger partial charge in [-0.2, -0.15) is 0 Å². The Kier molecular flexibility index (Phi) is 4.13. The molecular formula is C21H19NO4. The zero-order valence-electron chi connectivity index (χ0n) is 14.2. The van der Waals surface area contributed by atoms with Crippen LogP contribution in [0.3, 0.4) is 0 Å². The molecule has 2 N–H and O–H groups in total. The largest absolute Gasteiger partial charge is 0.492 e. The summed E-state index contributed by atoms with van der Waals surface area (Å²) < 4.78 is 0.722. The summed E-state index contributed by atoms with van der Waals surface area (Å²) in [6.07, 6.45) is 3.24. The van der Waals surface area contributed by atoms with Gasteiger partial charge in [-0.15, -0.1) is 4.73 Å². The van der Waals surface area contributed by atoms with Crippen LogP contribution in [-0.4, -0.2) is 20.9 Å². The molecule has 0 saturated carbocycles. The van der Waals surface area contributed by atoms with E-state index in [0.29, 0.717) is 12.0 Å². The first-order valence-corrected chi connectivity index (χ1v) is 8.62. The van der Waals surface area contributed by atoms with Crippen molar-refractivity contribution in [3.05, 3.63) is 82.4 Å². The van der Waals surface area contributed by atoms with Crippen molar-refractivity contribution in [1.29, 1.82) is 0 Å². The fraction of sp³-hybridized carbons (Fsp3) is 0.190. The highest BCUT2D eigenvalue weighted by Crippen LogP contribution is 2.22. The van der Waals surface area contributed by atoms with E-state index in [1.54, 1.807) is 0 Å². The van der Waals surface area contributed by atoms with Gasteiger partial charge in [0.05, 0.1) is 5.56 Å². The second-order valence-electron chi connectivity index (χ2n) is 6.53. The van der Waals surface area contributed by atoms with Gasteiger partial charge in [-0.25, -0.2) is 4.79 Å². The molecular weight excluding hydrogens is 330 g/mol. The minimum absolute atomic E-state index is 0.331. The maximum Gasteiger partial charge on any atom is 0.364 e. The van der Waals surface area contributed by atoms with Gasteiger partial charge in [-0.1, -0.05) is 36.4 Å². The van der Waals surface area contributed by atoms with Crippen LogP contribution in [0.1, 0.15) is 32.6 Å². The Bertz CT molecular complexity index is 937. The van der Waals surface area contributed by atoms with Crippen molar-refractivity contribution in [2.45, 2.75) is 25.7 Å². The summed E-state index contributed by atoms with van der Waals surface area (Å²) in [6.45, 7) is 0. The summed E-state index contributed by atoms with van der Waals surface area (Å²) in [5, 5.41) is 19.4. The molecule has 0 spiro atoms. The van der Waals surface area contributed by atoms with Crippen LogP contribution in [0.2, 0.25) is 0 Å². The third-order valence-electron chi connectivity index (χ3n) is 4.77. The van der Waals surface area contributed by atoms with Crippen LogP contribution >= 0.6 is 0 Å². The summed E-state index contributed by atoms with van der Waals surface area (Å²) >= 11 is 0. The van der Waals surface area contributed by atoms with Gasteiger partial charge >= 0.3 is 5.97 Å². The highest BCUT2D eigenvalue weighted by Gasteiger charge is 2.18. The van der Waals surface area contributed by atoms with E-state index in [0.717, 1.165) is 35.1 Å². The van der Waals surface area contributed by atoms with Crippen molar-refractivity contribution in [3.63, 3.8) is 0 Å². The van der Waals surface area contributed by atoms with Gasteiger partial charge in [-0.3, -0.25) is 0 Å². The van der Waals surface area contributed by atoms with E-state index in [1.165, 1.54) is 23.3 Å². The van der Waals surface area contributed by atoms with Crippen LogP contribution in [0.4, 0.5) is 0 Å². The standard InChI is InChI=1S/C21H19NO4/c23-19-11-12-20(24)22(19)26-21(25)18-13-16-6-5-14-1-3-15(4-2-14)7-9-17(18)10-8-16/h1-4,8,10-13,23-24H,5-7,9H2. The first-order chi connectivity index (χ1) is 12.6. The number of carbonyl (C=O) groups is 1. The van der Waals surface area contributed by atoms with Gasteiger partial charge in [0.25, 0.3) is 0 Å². The molecule has 132 valence electrons. The molecule has 7 rings (SSSR count). The molecule has 4 bridgehead atoms. The molecule has 0 saturated heterocycles. The maximum absolute atomic E-state index is 12.7. The van der Waals surface area contributed by atoms with Crippen molar-refractivity contribution in [2.24, 2.45) is 0 Å². The number of nitrogens with zero attached hydrogens (tertiary/aromatic N) is 1. The molecule has 5 nitrogen and oxygen atoms in total. The molecule has 0 amide bonds. The van der Waals surface area contributed by atoms with E-state index in [2.05, 4.69) is 24.3 Å². The third kappa shape index (κ3) is 3.16. The average molecular weight is 349 g/mol. The maximum atomic E-state index is 12.7. The minimum atomic E-state index is -0.602. The number of aryl methyl sites for hydroxylation is 4. The number of benzene rings is 2. The lowest BCUT2D eigenvalue weighted by atomic mass is 9.93. The molecule has 3 aromatic rings. The van der Waals surface area contributed by atoms with E-state index in [4.69, 9.17) is 4.84 Å². The van der Waals surface area contributed by atoms with Crippen LogP contribution in [-0.2, 0) is 25.7 Å². The summed E-state index contributed by atoms with van der Waals surface area (Å²) in [7, 11) is 0. The Hall–Kier alpha value is -3.21. The molecule has 1 heterocycles. The zero-order chi connectivity index (χ0) is 18.1. The quantitative estimate of drug-likeness (QED) is 0.746. The van der Waals surface area contributed by atoms with Crippen LogP contribution in [0.15, 0.2) is 54.6 Å². The van der Waals surface area contributed by atoms with E-state index < -0.39 is 5.97 Å². The van der Waals surface area contributed by atoms with Crippen LogP contribution in [0.25, 0.3) is 0 Å². The van der Waals surface area contributed by atoms with Gasteiger partial charge in [0, 0.05) is 12.1 Å². The zero-order valence-corrected chi connectivity index (χ0v) is 14.2. The number of aromatic hydroxyl groups is 2. The lowest BCUT2D eigenvalue weighted by molar-refractivity contribution is 0.0380. The highest BCUT2D eigenvalue weighted by molar-refractivity contribution is 5.91. The normalized spacial score (nSPS) is 13.2. The van der Waals surface area contributed by atoms with E-state index >= 15 is 0 Å². The van der Waals surface area contributed by atoms with Crippen molar-refractivity contribution >= 4 is 5.97 Å². The summed E-state index contributed by atoms with van der Waals surface area (Å²) in [6, 6.07) is 17.0. The molecule has 0 fully saturated rings. The van der Waals surface area contributed by atoms with Gasteiger partial charge in [0.15, 0.2) is 0 Å². The fourth-order valence-electron chi connectivity index (χ4n) is 3.25. The third-order valence-corrected chi connectivity index (χ3v) is 4.77. The van der Waals surface area contributed by atoms with Crippen LogP contribution in [0, 0.1) is 0 Å². The molecule has 26 heavy (non-hydrogen) atoms. The topological polar surface area (TPSA) is 71.7 Å². The SMILES string of the molecule is O=C(On1c(O)ccc1O)c1cc2ccc1CCc1ccc(cc1)CC2. The lowest BCUT2D eigenvalue weighted by Gasteiger charge is -2.14.